The van der Waals surface area contributed by atoms with Crippen LogP contribution in [0.15, 0.2) is 53.4 Å². The Hall–Kier alpha value is -2.65. The highest BCUT2D eigenvalue weighted by molar-refractivity contribution is 7.89. The maximum absolute atomic E-state index is 12.7. The van der Waals surface area contributed by atoms with Crippen molar-refractivity contribution in [2.75, 3.05) is 38.2 Å². The van der Waals surface area contributed by atoms with Crippen LogP contribution in [0.3, 0.4) is 0 Å². The molecule has 8 nitrogen and oxygen atoms in total. The molecule has 0 spiro atoms. The summed E-state index contributed by atoms with van der Waals surface area (Å²) in [7, 11) is -2.10. The number of hydrogen-bond acceptors (Lipinski definition) is 6. The summed E-state index contributed by atoms with van der Waals surface area (Å²) in [5.41, 5.74) is 0.413. The fraction of sp³-hybridized carbons (Fsp3) is 0.294. The number of methoxy groups -OCH3 is 1. The second kappa shape index (κ2) is 7.30. The highest BCUT2D eigenvalue weighted by Crippen LogP contribution is 2.33. The van der Waals surface area contributed by atoms with Gasteiger partial charge >= 0.3 is 0 Å². The molecule has 1 aliphatic heterocycles. The van der Waals surface area contributed by atoms with Crippen molar-refractivity contribution < 1.29 is 18.1 Å². The zero-order valence-corrected chi connectivity index (χ0v) is 15.1. The molecule has 1 heterocycles. The van der Waals surface area contributed by atoms with Crippen LogP contribution in [-0.4, -0.2) is 50.9 Å². The quantitative estimate of drug-likeness (QED) is 0.585. The lowest BCUT2D eigenvalue weighted by atomic mass is 10.2. The average Bonchev–Trinajstić information content (AvgIpc) is 2.68. The van der Waals surface area contributed by atoms with Crippen LogP contribution < -0.4 is 9.64 Å². The summed E-state index contributed by atoms with van der Waals surface area (Å²) in [5.74, 6) is 0.408. The fourth-order valence-corrected chi connectivity index (χ4v) is 4.40. The first kappa shape index (κ1) is 18.2. The smallest absolute Gasteiger partial charge is 0.296 e. The predicted octanol–water partition coefficient (Wildman–Crippen LogP) is 2.11. The van der Waals surface area contributed by atoms with Crippen LogP contribution in [0.4, 0.5) is 11.4 Å². The number of sulfonamides is 1. The van der Waals surface area contributed by atoms with Crippen LogP contribution in [0.5, 0.6) is 5.75 Å². The Kier molecular flexibility index (Phi) is 5.10. The molecule has 0 aliphatic carbocycles. The summed E-state index contributed by atoms with van der Waals surface area (Å²) in [6.45, 7) is 1.28. The van der Waals surface area contributed by atoms with Gasteiger partial charge in [-0.05, 0) is 24.3 Å². The van der Waals surface area contributed by atoms with E-state index in [9.17, 15) is 18.5 Å². The number of nitro benzene ring substituents is 1. The third-order valence-electron chi connectivity index (χ3n) is 4.34. The number of anilines is 1. The van der Waals surface area contributed by atoms with Gasteiger partial charge in [-0.3, -0.25) is 10.1 Å². The van der Waals surface area contributed by atoms with E-state index in [-0.39, 0.29) is 23.7 Å². The van der Waals surface area contributed by atoms with Gasteiger partial charge in [0.05, 0.1) is 23.0 Å². The Morgan fingerprint density at radius 3 is 2.27 bits per heavy atom. The Bertz CT molecular complexity index is 894. The number of nitrogens with zero attached hydrogens (tertiary/aromatic N) is 3. The third-order valence-corrected chi connectivity index (χ3v) is 6.25. The van der Waals surface area contributed by atoms with Crippen molar-refractivity contribution >= 4 is 21.4 Å². The van der Waals surface area contributed by atoms with Crippen molar-refractivity contribution in [3.63, 3.8) is 0 Å². The largest absolute Gasteiger partial charge is 0.496 e. The maximum Gasteiger partial charge on any atom is 0.296 e. The molecule has 0 aromatic heterocycles. The molecule has 0 amide bonds. The maximum atomic E-state index is 12.7. The van der Waals surface area contributed by atoms with Gasteiger partial charge in [0.15, 0.2) is 0 Å². The molecule has 0 radical (unpaired) electrons. The molecule has 2 aromatic rings. The summed E-state index contributed by atoms with van der Waals surface area (Å²) in [6.07, 6.45) is 0. The van der Waals surface area contributed by atoms with Gasteiger partial charge in [0.2, 0.25) is 10.0 Å². The van der Waals surface area contributed by atoms with E-state index >= 15 is 0 Å². The van der Waals surface area contributed by atoms with E-state index in [0.717, 1.165) is 0 Å². The van der Waals surface area contributed by atoms with Gasteiger partial charge in [-0.1, -0.05) is 18.2 Å². The molecule has 0 saturated carbocycles. The number of hydrogen-bond donors (Lipinski definition) is 0. The highest BCUT2D eigenvalue weighted by Gasteiger charge is 2.30. The summed E-state index contributed by atoms with van der Waals surface area (Å²) in [5, 5.41) is 11.4. The van der Waals surface area contributed by atoms with Crippen LogP contribution in [0, 0.1) is 10.1 Å². The van der Waals surface area contributed by atoms with Gasteiger partial charge in [-0.15, -0.1) is 0 Å². The molecule has 0 bridgehead atoms. The van der Waals surface area contributed by atoms with E-state index in [0.29, 0.717) is 24.5 Å². The Balaban J connectivity index is 1.78. The van der Waals surface area contributed by atoms with E-state index < -0.39 is 14.9 Å². The van der Waals surface area contributed by atoms with Crippen molar-refractivity contribution in [2.45, 2.75) is 4.90 Å². The van der Waals surface area contributed by atoms with Gasteiger partial charge in [0, 0.05) is 26.2 Å². The summed E-state index contributed by atoms with van der Waals surface area (Å²) in [6, 6.07) is 12.9. The number of ether oxygens (including phenoxy) is 1. The van der Waals surface area contributed by atoms with Crippen molar-refractivity contribution in [3.05, 3.63) is 58.6 Å². The second-order valence-corrected chi connectivity index (χ2v) is 7.75. The number of benzene rings is 2. The summed E-state index contributed by atoms with van der Waals surface area (Å²) < 4.78 is 31.8. The molecule has 0 atom stereocenters. The second-order valence-electron chi connectivity index (χ2n) is 5.82. The van der Waals surface area contributed by atoms with Crippen molar-refractivity contribution in [1.82, 2.24) is 4.31 Å². The minimum Gasteiger partial charge on any atom is -0.496 e. The van der Waals surface area contributed by atoms with Crippen LogP contribution in [-0.2, 0) is 10.0 Å². The molecule has 0 N–H and O–H groups in total. The van der Waals surface area contributed by atoms with E-state index in [1.54, 1.807) is 42.5 Å². The molecule has 1 aliphatic rings. The lowest BCUT2D eigenvalue weighted by Crippen LogP contribution is -2.48. The molecule has 138 valence electrons. The topological polar surface area (TPSA) is 93.0 Å². The van der Waals surface area contributed by atoms with Crippen LogP contribution in [0.2, 0.25) is 0 Å². The van der Waals surface area contributed by atoms with E-state index in [1.165, 1.54) is 17.5 Å². The van der Waals surface area contributed by atoms with E-state index in [1.807, 2.05) is 4.90 Å². The molecular weight excluding hydrogens is 358 g/mol. The normalized spacial score (nSPS) is 15.7. The lowest BCUT2D eigenvalue weighted by Gasteiger charge is -2.35. The average molecular weight is 377 g/mol. The van der Waals surface area contributed by atoms with Crippen molar-refractivity contribution in [2.24, 2.45) is 0 Å². The molecule has 2 aromatic carbocycles. The monoisotopic (exact) mass is 377 g/mol. The van der Waals surface area contributed by atoms with Gasteiger partial charge in [-0.25, -0.2) is 8.42 Å². The zero-order chi connectivity index (χ0) is 18.7. The number of nitro groups is 1. The first-order chi connectivity index (χ1) is 12.4. The Labute approximate surface area is 151 Å². The molecule has 1 saturated heterocycles. The molecule has 0 unspecified atom stereocenters. The lowest BCUT2D eigenvalue weighted by molar-refractivity contribution is -0.384. The number of rotatable bonds is 5. The zero-order valence-electron chi connectivity index (χ0n) is 14.2. The van der Waals surface area contributed by atoms with Gasteiger partial charge in [0.25, 0.3) is 5.69 Å². The minimum atomic E-state index is -3.55. The van der Waals surface area contributed by atoms with E-state index in [2.05, 4.69) is 0 Å². The fourth-order valence-electron chi connectivity index (χ4n) is 2.95. The Morgan fingerprint density at radius 2 is 1.69 bits per heavy atom. The van der Waals surface area contributed by atoms with Crippen molar-refractivity contribution in [1.29, 1.82) is 0 Å². The van der Waals surface area contributed by atoms with E-state index in [4.69, 9.17) is 4.74 Å². The molecular formula is C17H19N3O5S. The molecule has 26 heavy (non-hydrogen) atoms. The van der Waals surface area contributed by atoms with Gasteiger partial charge in [0.1, 0.15) is 11.4 Å². The molecule has 9 heteroatoms. The van der Waals surface area contributed by atoms with Crippen LogP contribution in [0.25, 0.3) is 0 Å². The minimum absolute atomic E-state index is 0.0521. The van der Waals surface area contributed by atoms with Crippen molar-refractivity contribution in [3.8, 4) is 5.75 Å². The number of piperazine rings is 1. The Morgan fingerprint density at radius 1 is 1.04 bits per heavy atom. The third kappa shape index (κ3) is 3.49. The SMILES string of the molecule is COc1ccc(N2CCN(S(=O)(=O)c3ccccc3)CC2)c([N+](=O)[O-])c1. The molecule has 3 rings (SSSR count). The van der Waals surface area contributed by atoms with Gasteiger partial charge in [-0.2, -0.15) is 4.31 Å². The van der Waals surface area contributed by atoms with Crippen LogP contribution in [0.1, 0.15) is 0 Å². The summed E-state index contributed by atoms with van der Waals surface area (Å²) in [4.78, 5) is 13.0. The standard InChI is InChI=1S/C17H19N3O5S/c1-25-14-7-8-16(17(13-14)20(21)22)18-9-11-19(12-10-18)26(23,24)15-5-3-2-4-6-15/h2-8,13H,9-12H2,1H3. The molecule has 1 fully saturated rings. The van der Waals surface area contributed by atoms with Crippen LogP contribution >= 0.6 is 0 Å². The predicted molar refractivity (Wildman–Crippen MR) is 97.1 cm³/mol. The van der Waals surface area contributed by atoms with Gasteiger partial charge < -0.3 is 9.64 Å². The first-order valence-corrected chi connectivity index (χ1v) is 9.50. The summed E-state index contributed by atoms with van der Waals surface area (Å²) >= 11 is 0. The highest BCUT2D eigenvalue weighted by atomic mass is 32.2. The first-order valence-electron chi connectivity index (χ1n) is 8.06.